The van der Waals surface area contributed by atoms with E-state index in [9.17, 15) is 9.59 Å². The molecule has 3 heterocycles. The number of piperidine rings is 1. The molecule has 1 spiro atoms. The maximum atomic E-state index is 12.8. The van der Waals surface area contributed by atoms with Crippen LogP contribution >= 0.6 is 11.3 Å². The molecule has 154 valence electrons. The van der Waals surface area contributed by atoms with E-state index < -0.39 is 0 Å². The van der Waals surface area contributed by atoms with Crippen molar-refractivity contribution in [2.24, 2.45) is 24.3 Å². The predicted molar refractivity (Wildman–Crippen MR) is 111 cm³/mol. The van der Waals surface area contributed by atoms with Crippen molar-refractivity contribution in [3.63, 3.8) is 0 Å². The number of nitrogens with one attached hydrogen (secondary N) is 1. The average Bonchev–Trinajstić information content (AvgIpc) is 3.07. The fraction of sp³-hybridized carbons (Fsp3) is 0.619. The van der Waals surface area contributed by atoms with Crippen molar-refractivity contribution in [3.05, 3.63) is 29.0 Å². The summed E-state index contributed by atoms with van der Waals surface area (Å²) in [6, 6.07) is 0. The maximum Gasteiger partial charge on any atom is 0.260 e. The van der Waals surface area contributed by atoms with Gasteiger partial charge in [-0.25, -0.2) is 4.98 Å². The molecule has 1 N–H and O–H groups in total. The summed E-state index contributed by atoms with van der Waals surface area (Å²) in [6.07, 6.45) is 11.1. The number of thiazole rings is 1. The van der Waals surface area contributed by atoms with Gasteiger partial charge >= 0.3 is 0 Å². The summed E-state index contributed by atoms with van der Waals surface area (Å²) in [5, 5.41) is 9.83. The quantitative estimate of drug-likeness (QED) is 0.817. The number of aryl methyl sites for hydroxylation is 1. The number of hydrogen-bond acceptors (Lipinski definition) is 5. The Bertz CT molecular complexity index is 910. The molecule has 1 atom stereocenters. The van der Waals surface area contributed by atoms with E-state index >= 15 is 0 Å². The van der Waals surface area contributed by atoms with E-state index in [1.807, 2.05) is 12.4 Å². The lowest BCUT2D eigenvalue weighted by atomic mass is 9.79. The first-order chi connectivity index (χ1) is 14.0. The minimum Gasteiger partial charge on any atom is -0.342 e. The second-order valence-electron chi connectivity index (χ2n) is 8.90. The predicted octanol–water partition coefficient (Wildman–Crippen LogP) is 3.10. The van der Waals surface area contributed by atoms with Crippen molar-refractivity contribution in [2.45, 2.75) is 44.9 Å². The van der Waals surface area contributed by atoms with Crippen LogP contribution in [0.25, 0.3) is 0 Å². The Morgan fingerprint density at radius 2 is 2.10 bits per heavy atom. The molecule has 5 rings (SSSR count). The smallest absolute Gasteiger partial charge is 0.260 e. The Labute approximate surface area is 174 Å². The van der Waals surface area contributed by atoms with Crippen molar-refractivity contribution in [1.29, 1.82) is 0 Å². The lowest BCUT2D eigenvalue weighted by Gasteiger charge is -2.34. The number of carbonyl (C=O) groups excluding carboxylic acids is 2. The Balaban J connectivity index is 1.17. The lowest BCUT2D eigenvalue weighted by Crippen LogP contribution is -2.41. The SMILES string of the molecule is Cn1cc(C(=O)Nc2nccs2)c(CC2CCN(C(=O)C3CC34CCC4)CC2)n1. The van der Waals surface area contributed by atoms with Crippen LogP contribution in [0.2, 0.25) is 0 Å². The standard InChI is InChI=1S/C21H27N5O2S/c1-25-13-15(18(27)23-20-22-7-10-29-20)17(24-25)11-14-3-8-26(9-4-14)19(28)16-12-21(16)5-2-6-21/h7,10,13-14,16H,2-6,8-9,11-12H2,1H3,(H,22,23,27). The second-order valence-corrected chi connectivity index (χ2v) is 9.79. The first kappa shape index (κ1) is 18.8. The van der Waals surface area contributed by atoms with Crippen LogP contribution in [0.4, 0.5) is 5.13 Å². The summed E-state index contributed by atoms with van der Waals surface area (Å²) in [4.78, 5) is 31.6. The molecule has 29 heavy (non-hydrogen) atoms. The highest BCUT2D eigenvalue weighted by Gasteiger charge is 2.61. The Hall–Kier alpha value is -2.22. The Morgan fingerprint density at radius 1 is 1.31 bits per heavy atom. The fourth-order valence-electron chi connectivity index (χ4n) is 5.06. The average molecular weight is 414 g/mol. The molecule has 2 amide bonds. The van der Waals surface area contributed by atoms with Gasteiger partial charge in [0, 0.05) is 43.8 Å². The second kappa shape index (κ2) is 7.23. The van der Waals surface area contributed by atoms with E-state index in [0.717, 1.165) is 44.5 Å². The van der Waals surface area contributed by atoms with Crippen molar-refractivity contribution in [3.8, 4) is 0 Å². The molecule has 2 aromatic heterocycles. The zero-order valence-electron chi connectivity index (χ0n) is 16.8. The fourth-order valence-corrected chi connectivity index (χ4v) is 5.58. The van der Waals surface area contributed by atoms with Crippen LogP contribution in [-0.4, -0.2) is 44.6 Å². The van der Waals surface area contributed by atoms with Crippen LogP contribution in [0, 0.1) is 17.3 Å². The van der Waals surface area contributed by atoms with Gasteiger partial charge in [-0.15, -0.1) is 11.3 Å². The van der Waals surface area contributed by atoms with Gasteiger partial charge in [-0.2, -0.15) is 5.10 Å². The van der Waals surface area contributed by atoms with Crippen molar-refractivity contribution >= 4 is 28.3 Å². The lowest BCUT2D eigenvalue weighted by molar-refractivity contribution is -0.135. The summed E-state index contributed by atoms with van der Waals surface area (Å²) in [6.45, 7) is 1.67. The van der Waals surface area contributed by atoms with E-state index in [2.05, 4.69) is 20.3 Å². The van der Waals surface area contributed by atoms with Gasteiger partial charge in [-0.1, -0.05) is 6.42 Å². The molecule has 0 radical (unpaired) electrons. The van der Waals surface area contributed by atoms with E-state index in [0.29, 0.717) is 33.9 Å². The van der Waals surface area contributed by atoms with Gasteiger partial charge in [0.25, 0.3) is 5.91 Å². The third-order valence-electron chi connectivity index (χ3n) is 7.05. The van der Waals surface area contributed by atoms with Crippen molar-refractivity contribution in [2.75, 3.05) is 18.4 Å². The van der Waals surface area contributed by atoms with Crippen LogP contribution in [0.3, 0.4) is 0 Å². The minimum atomic E-state index is -0.157. The summed E-state index contributed by atoms with van der Waals surface area (Å²) in [5.74, 6) is 1.00. The molecule has 0 bridgehead atoms. The number of hydrogen-bond donors (Lipinski definition) is 1. The largest absolute Gasteiger partial charge is 0.342 e. The molecule has 3 fully saturated rings. The van der Waals surface area contributed by atoms with Gasteiger partial charge in [-0.05, 0) is 49.9 Å². The number of amides is 2. The van der Waals surface area contributed by atoms with Crippen LogP contribution in [-0.2, 0) is 18.3 Å². The number of carbonyl (C=O) groups is 2. The Kier molecular flexibility index (Phi) is 4.69. The van der Waals surface area contributed by atoms with Crippen LogP contribution in [0.1, 0.15) is 54.6 Å². The molecule has 2 aromatic rings. The molecule has 1 aliphatic heterocycles. The number of aromatic nitrogens is 3. The molecule has 8 heteroatoms. The van der Waals surface area contributed by atoms with Gasteiger partial charge in [0.15, 0.2) is 5.13 Å². The van der Waals surface area contributed by atoms with Gasteiger partial charge < -0.3 is 4.90 Å². The molecule has 7 nitrogen and oxygen atoms in total. The maximum absolute atomic E-state index is 12.8. The zero-order valence-corrected chi connectivity index (χ0v) is 17.6. The molecule has 1 saturated heterocycles. The summed E-state index contributed by atoms with van der Waals surface area (Å²) < 4.78 is 1.70. The van der Waals surface area contributed by atoms with Crippen LogP contribution in [0.5, 0.6) is 0 Å². The van der Waals surface area contributed by atoms with Crippen molar-refractivity contribution < 1.29 is 9.59 Å². The monoisotopic (exact) mass is 413 g/mol. The van der Waals surface area contributed by atoms with Crippen LogP contribution < -0.4 is 5.32 Å². The zero-order chi connectivity index (χ0) is 20.0. The van der Waals surface area contributed by atoms with E-state index in [-0.39, 0.29) is 5.91 Å². The first-order valence-electron chi connectivity index (χ1n) is 10.6. The summed E-state index contributed by atoms with van der Waals surface area (Å²) in [7, 11) is 1.84. The highest BCUT2D eigenvalue weighted by molar-refractivity contribution is 7.13. The molecule has 2 saturated carbocycles. The molecular formula is C21H27N5O2S. The molecular weight excluding hydrogens is 386 g/mol. The number of nitrogens with zero attached hydrogens (tertiary/aromatic N) is 4. The van der Waals surface area contributed by atoms with Gasteiger partial charge in [0.1, 0.15) is 0 Å². The topological polar surface area (TPSA) is 80.1 Å². The normalized spacial score (nSPS) is 23.1. The third kappa shape index (κ3) is 3.58. The van der Waals surface area contributed by atoms with E-state index in [1.165, 1.54) is 30.6 Å². The summed E-state index contributed by atoms with van der Waals surface area (Å²) >= 11 is 1.40. The molecule has 3 aliphatic rings. The van der Waals surface area contributed by atoms with Gasteiger partial charge in [0.05, 0.1) is 11.3 Å². The molecule has 0 aromatic carbocycles. The third-order valence-corrected chi connectivity index (χ3v) is 7.74. The van der Waals surface area contributed by atoms with Crippen molar-refractivity contribution in [1.82, 2.24) is 19.7 Å². The molecule has 1 unspecified atom stereocenters. The molecule has 2 aliphatic carbocycles. The van der Waals surface area contributed by atoms with Gasteiger partial charge in [-0.3, -0.25) is 19.6 Å². The van der Waals surface area contributed by atoms with E-state index in [4.69, 9.17) is 0 Å². The highest BCUT2D eigenvalue weighted by Crippen LogP contribution is 2.66. The highest BCUT2D eigenvalue weighted by atomic mass is 32.1. The van der Waals surface area contributed by atoms with E-state index in [1.54, 1.807) is 17.1 Å². The van der Waals surface area contributed by atoms with Gasteiger partial charge in [0.2, 0.25) is 5.91 Å². The van der Waals surface area contributed by atoms with Crippen LogP contribution in [0.15, 0.2) is 17.8 Å². The number of rotatable bonds is 5. The first-order valence-corrected chi connectivity index (χ1v) is 11.4. The number of likely N-dealkylation sites (tertiary alicyclic amines) is 1. The minimum absolute atomic E-state index is 0.157. The Morgan fingerprint density at radius 3 is 2.72 bits per heavy atom. The summed E-state index contributed by atoms with van der Waals surface area (Å²) in [5.41, 5.74) is 1.86. The number of anilines is 1.